The second-order valence-corrected chi connectivity index (χ2v) is 6.28. The first-order valence-corrected chi connectivity index (χ1v) is 7.82. The Morgan fingerprint density at radius 3 is 2.14 bits per heavy atom. The molecule has 2 aromatic carbocycles. The van der Waals surface area contributed by atoms with E-state index in [0.717, 1.165) is 17.7 Å². The average molecular weight is 309 g/mol. The molecule has 0 saturated heterocycles. The van der Waals surface area contributed by atoms with Crippen LogP contribution in [0.5, 0.6) is 5.75 Å². The number of halogens is 1. The molecule has 6 heteroatoms. The lowest BCUT2D eigenvalue weighted by molar-refractivity contribution is 0.414. The number of methoxy groups -OCH3 is 1. The Kier molecular flexibility index (Phi) is 4.59. The van der Waals surface area contributed by atoms with Crippen molar-refractivity contribution >= 4 is 10.0 Å². The molecule has 0 unspecified atom stereocenters. The molecule has 112 valence electrons. The molecule has 0 aliphatic rings. The summed E-state index contributed by atoms with van der Waals surface area (Å²) in [4.78, 5) is 0.0317. The summed E-state index contributed by atoms with van der Waals surface area (Å²) in [7, 11) is -2.12. The maximum Gasteiger partial charge on any atom is 0.241 e. The van der Waals surface area contributed by atoms with E-state index in [0.29, 0.717) is 5.75 Å². The maximum absolute atomic E-state index is 12.8. The molecule has 0 aromatic heterocycles. The van der Waals surface area contributed by atoms with Crippen LogP contribution >= 0.6 is 0 Å². The molecular formula is C15H16FNO3S. The van der Waals surface area contributed by atoms with Crippen molar-refractivity contribution in [1.82, 2.24) is 4.72 Å². The molecule has 0 bridgehead atoms. The summed E-state index contributed by atoms with van der Waals surface area (Å²) in [5, 5.41) is 0. The molecule has 0 aliphatic carbocycles. The highest BCUT2D eigenvalue weighted by Crippen LogP contribution is 2.20. The second-order valence-electron chi connectivity index (χ2n) is 4.57. The van der Waals surface area contributed by atoms with Gasteiger partial charge in [-0.05, 0) is 48.9 Å². The van der Waals surface area contributed by atoms with E-state index in [1.165, 1.54) is 12.1 Å². The SMILES string of the molecule is COc1ccc([C@@H](C)NS(=O)(=O)c2ccc(F)cc2)cc1. The summed E-state index contributed by atoms with van der Waals surface area (Å²) in [6.45, 7) is 1.74. The summed E-state index contributed by atoms with van der Waals surface area (Å²) < 4.78 is 44.8. The zero-order valence-electron chi connectivity index (χ0n) is 11.7. The van der Waals surface area contributed by atoms with Crippen molar-refractivity contribution in [3.63, 3.8) is 0 Å². The predicted octanol–water partition coefficient (Wildman–Crippen LogP) is 2.87. The summed E-state index contributed by atoms with van der Waals surface area (Å²) >= 11 is 0. The highest BCUT2D eigenvalue weighted by atomic mass is 32.2. The van der Waals surface area contributed by atoms with Gasteiger partial charge in [-0.15, -0.1) is 0 Å². The van der Waals surface area contributed by atoms with Crippen LogP contribution in [0.4, 0.5) is 4.39 Å². The van der Waals surface area contributed by atoms with Gasteiger partial charge in [0.25, 0.3) is 0 Å². The van der Waals surface area contributed by atoms with E-state index in [4.69, 9.17) is 4.74 Å². The third-order valence-corrected chi connectivity index (χ3v) is 4.63. The van der Waals surface area contributed by atoms with Crippen molar-refractivity contribution in [1.29, 1.82) is 0 Å². The first-order chi connectivity index (χ1) is 9.92. The Bertz CT molecular complexity index is 697. The van der Waals surface area contributed by atoms with Crippen LogP contribution < -0.4 is 9.46 Å². The number of nitrogens with one attached hydrogen (secondary N) is 1. The molecule has 1 atom stereocenters. The van der Waals surface area contributed by atoms with E-state index in [1.54, 1.807) is 38.3 Å². The van der Waals surface area contributed by atoms with Crippen molar-refractivity contribution in [3.05, 3.63) is 59.9 Å². The summed E-state index contributed by atoms with van der Waals surface area (Å²) in [5.74, 6) is 0.226. The quantitative estimate of drug-likeness (QED) is 0.924. The van der Waals surface area contributed by atoms with Crippen LogP contribution in [0.3, 0.4) is 0 Å². The molecule has 4 nitrogen and oxygen atoms in total. The van der Waals surface area contributed by atoms with Gasteiger partial charge in [0, 0.05) is 6.04 Å². The van der Waals surface area contributed by atoms with Gasteiger partial charge >= 0.3 is 0 Å². The van der Waals surface area contributed by atoms with Crippen LogP contribution in [0.2, 0.25) is 0 Å². The Balaban J connectivity index is 2.17. The molecule has 2 aromatic rings. The predicted molar refractivity (Wildman–Crippen MR) is 78.1 cm³/mol. The first kappa shape index (κ1) is 15.5. The fraction of sp³-hybridized carbons (Fsp3) is 0.200. The molecule has 0 spiro atoms. The minimum Gasteiger partial charge on any atom is -0.497 e. The molecule has 21 heavy (non-hydrogen) atoms. The summed E-state index contributed by atoms with van der Waals surface area (Å²) in [6, 6.07) is 11.4. The van der Waals surface area contributed by atoms with Crippen LogP contribution in [0.25, 0.3) is 0 Å². The third-order valence-electron chi connectivity index (χ3n) is 3.07. The minimum atomic E-state index is -3.69. The molecule has 0 radical (unpaired) electrons. The zero-order chi connectivity index (χ0) is 15.5. The van der Waals surface area contributed by atoms with Crippen LogP contribution in [0.15, 0.2) is 53.4 Å². The van der Waals surface area contributed by atoms with Gasteiger partial charge in [-0.2, -0.15) is 0 Å². The van der Waals surface area contributed by atoms with Gasteiger partial charge in [-0.1, -0.05) is 12.1 Å². The van der Waals surface area contributed by atoms with Crippen molar-refractivity contribution in [2.75, 3.05) is 7.11 Å². The smallest absolute Gasteiger partial charge is 0.241 e. The highest BCUT2D eigenvalue weighted by Gasteiger charge is 2.18. The van der Waals surface area contributed by atoms with E-state index in [1.807, 2.05) is 0 Å². The molecule has 0 amide bonds. The zero-order valence-corrected chi connectivity index (χ0v) is 12.5. The van der Waals surface area contributed by atoms with Gasteiger partial charge in [0.05, 0.1) is 12.0 Å². The number of ether oxygens (including phenoxy) is 1. The van der Waals surface area contributed by atoms with Crippen molar-refractivity contribution in [2.24, 2.45) is 0 Å². The first-order valence-electron chi connectivity index (χ1n) is 6.34. The Morgan fingerprint density at radius 2 is 1.62 bits per heavy atom. The largest absolute Gasteiger partial charge is 0.497 e. The topological polar surface area (TPSA) is 55.4 Å². The molecule has 0 heterocycles. The normalized spacial score (nSPS) is 12.9. The van der Waals surface area contributed by atoms with Gasteiger partial charge in [-0.3, -0.25) is 0 Å². The molecule has 0 fully saturated rings. The van der Waals surface area contributed by atoms with E-state index < -0.39 is 21.9 Å². The standard InChI is InChI=1S/C15H16FNO3S/c1-11(12-3-7-14(20-2)8-4-12)17-21(18,19)15-9-5-13(16)6-10-15/h3-11,17H,1-2H3/t11-/m1/s1. The molecule has 1 N–H and O–H groups in total. The van der Waals surface area contributed by atoms with Crippen molar-refractivity contribution in [3.8, 4) is 5.75 Å². The minimum absolute atomic E-state index is 0.0317. The van der Waals surface area contributed by atoms with Gasteiger partial charge in [0.1, 0.15) is 11.6 Å². The Labute approximate surface area is 123 Å². The lowest BCUT2D eigenvalue weighted by Gasteiger charge is -2.15. The summed E-state index contributed by atoms with van der Waals surface area (Å²) in [5.41, 5.74) is 0.807. The van der Waals surface area contributed by atoms with Gasteiger partial charge in [-0.25, -0.2) is 17.5 Å². The molecule has 2 rings (SSSR count). The van der Waals surface area contributed by atoms with Gasteiger partial charge < -0.3 is 4.74 Å². The number of hydrogen-bond donors (Lipinski definition) is 1. The molecular weight excluding hydrogens is 293 g/mol. The van der Waals surface area contributed by atoms with Gasteiger partial charge in [0.15, 0.2) is 0 Å². The lowest BCUT2D eigenvalue weighted by Crippen LogP contribution is -2.26. The Morgan fingerprint density at radius 1 is 1.05 bits per heavy atom. The average Bonchev–Trinajstić information content (AvgIpc) is 2.47. The van der Waals surface area contributed by atoms with Crippen molar-refractivity contribution < 1.29 is 17.5 Å². The lowest BCUT2D eigenvalue weighted by atomic mass is 10.1. The Hall–Kier alpha value is -1.92. The monoisotopic (exact) mass is 309 g/mol. The van der Waals surface area contributed by atoms with Crippen molar-refractivity contribution in [2.45, 2.75) is 17.9 Å². The number of benzene rings is 2. The van der Waals surface area contributed by atoms with E-state index in [-0.39, 0.29) is 4.90 Å². The number of sulfonamides is 1. The van der Waals surface area contributed by atoms with Crippen LogP contribution in [-0.2, 0) is 10.0 Å². The third kappa shape index (κ3) is 3.80. The molecule has 0 aliphatic heterocycles. The highest BCUT2D eigenvalue weighted by molar-refractivity contribution is 7.89. The maximum atomic E-state index is 12.8. The van der Waals surface area contributed by atoms with E-state index in [2.05, 4.69) is 4.72 Å². The van der Waals surface area contributed by atoms with Crippen LogP contribution in [0, 0.1) is 5.82 Å². The molecule has 0 saturated carbocycles. The fourth-order valence-electron chi connectivity index (χ4n) is 1.88. The van der Waals surface area contributed by atoms with Crippen LogP contribution in [0.1, 0.15) is 18.5 Å². The van der Waals surface area contributed by atoms with E-state index >= 15 is 0 Å². The number of hydrogen-bond acceptors (Lipinski definition) is 3. The van der Waals surface area contributed by atoms with E-state index in [9.17, 15) is 12.8 Å². The fourth-order valence-corrected chi connectivity index (χ4v) is 3.11. The number of rotatable bonds is 5. The second kappa shape index (κ2) is 6.24. The van der Waals surface area contributed by atoms with Gasteiger partial charge in [0.2, 0.25) is 10.0 Å². The van der Waals surface area contributed by atoms with Crippen LogP contribution in [-0.4, -0.2) is 15.5 Å². The summed E-state index contributed by atoms with van der Waals surface area (Å²) in [6.07, 6.45) is 0.